The van der Waals surface area contributed by atoms with E-state index in [0.29, 0.717) is 11.6 Å². The molecule has 1 atom stereocenters. The van der Waals surface area contributed by atoms with Gasteiger partial charge in [0.15, 0.2) is 0 Å². The van der Waals surface area contributed by atoms with Gasteiger partial charge in [0.2, 0.25) is 0 Å². The molecule has 2 amide bonds. The zero-order valence-corrected chi connectivity index (χ0v) is 12.6. The standard InChI is InChI=1S/C14H19ClN2O3/c1-4-17(9-13(18)19)14(20)16(3)10(2)11-5-7-12(15)8-6-11/h5-8,10H,4,9H2,1-3H3,(H,18,19). The molecule has 1 unspecified atom stereocenters. The second kappa shape index (κ2) is 7.14. The number of likely N-dealkylation sites (N-methyl/N-ethyl adjacent to an activating group) is 1. The quantitative estimate of drug-likeness (QED) is 0.909. The summed E-state index contributed by atoms with van der Waals surface area (Å²) >= 11 is 5.83. The molecule has 0 aliphatic carbocycles. The summed E-state index contributed by atoms with van der Waals surface area (Å²) < 4.78 is 0. The molecule has 1 rings (SSSR count). The van der Waals surface area contributed by atoms with Crippen molar-refractivity contribution in [2.75, 3.05) is 20.1 Å². The van der Waals surface area contributed by atoms with E-state index >= 15 is 0 Å². The molecule has 0 aliphatic heterocycles. The molecule has 110 valence electrons. The van der Waals surface area contributed by atoms with Crippen LogP contribution < -0.4 is 0 Å². The van der Waals surface area contributed by atoms with E-state index in [0.717, 1.165) is 5.56 Å². The Bertz CT molecular complexity index is 476. The van der Waals surface area contributed by atoms with E-state index in [1.807, 2.05) is 19.1 Å². The van der Waals surface area contributed by atoms with Gasteiger partial charge >= 0.3 is 12.0 Å². The van der Waals surface area contributed by atoms with Crippen molar-refractivity contribution in [1.82, 2.24) is 9.80 Å². The minimum atomic E-state index is -1.02. The zero-order valence-electron chi connectivity index (χ0n) is 11.8. The lowest BCUT2D eigenvalue weighted by atomic mass is 10.1. The zero-order chi connectivity index (χ0) is 15.3. The van der Waals surface area contributed by atoms with Crippen LogP contribution in [-0.2, 0) is 4.79 Å². The lowest BCUT2D eigenvalue weighted by molar-refractivity contribution is -0.137. The number of carbonyl (C=O) groups excluding carboxylic acids is 1. The van der Waals surface area contributed by atoms with Crippen molar-refractivity contribution in [3.63, 3.8) is 0 Å². The Morgan fingerprint density at radius 2 is 1.85 bits per heavy atom. The van der Waals surface area contributed by atoms with Crippen molar-refractivity contribution in [2.24, 2.45) is 0 Å². The number of hydrogen-bond donors (Lipinski definition) is 1. The smallest absolute Gasteiger partial charge is 0.323 e. The molecule has 20 heavy (non-hydrogen) atoms. The van der Waals surface area contributed by atoms with E-state index in [9.17, 15) is 9.59 Å². The Hall–Kier alpha value is -1.75. The molecule has 0 aliphatic rings. The largest absolute Gasteiger partial charge is 0.480 e. The predicted octanol–water partition coefficient (Wildman–Crippen LogP) is 2.86. The molecule has 6 heteroatoms. The van der Waals surface area contributed by atoms with Gasteiger partial charge in [-0.1, -0.05) is 23.7 Å². The third kappa shape index (κ3) is 4.13. The van der Waals surface area contributed by atoms with Crippen molar-refractivity contribution in [1.29, 1.82) is 0 Å². The van der Waals surface area contributed by atoms with Gasteiger partial charge in [0.1, 0.15) is 6.54 Å². The maximum atomic E-state index is 12.3. The highest BCUT2D eigenvalue weighted by atomic mass is 35.5. The fourth-order valence-electron chi connectivity index (χ4n) is 1.83. The first-order valence-electron chi connectivity index (χ1n) is 6.35. The number of carbonyl (C=O) groups is 2. The summed E-state index contributed by atoms with van der Waals surface area (Å²) in [5.74, 6) is -1.02. The topological polar surface area (TPSA) is 60.9 Å². The van der Waals surface area contributed by atoms with Crippen LogP contribution in [0.4, 0.5) is 4.79 Å². The Morgan fingerprint density at radius 3 is 2.30 bits per heavy atom. The average Bonchev–Trinajstić information content (AvgIpc) is 2.43. The summed E-state index contributed by atoms with van der Waals surface area (Å²) in [6, 6.07) is 6.76. The van der Waals surface area contributed by atoms with Crippen molar-refractivity contribution in [3.05, 3.63) is 34.9 Å². The summed E-state index contributed by atoms with van der Waals surface area (Å²) in [5.41, 5.74) is 0.941. The van der Waals surface area contributed by atoms with E-state index in [-0.39, 0.29) is 18.6 Å². The van der Waals surface area contributed by atoms with Crippen LogP contribution in [0.25, 0.3) is 0 Å². The molecule has 1 N–H and O–H groups in total. The van der Waals surface area contributed by atoms with E-state index in [2.05, 4.69) is 0 Å². The number of amides is 2. The van der Waals surface area contributed by atoms with E-state index < -0.39 is 5.97 Å². The third-order valence-corrected chi connectivity index (χ3v) is 3.47. The van der Waals surface area contributed by atoms with Gasteiger partial charge < -0.3 is 14.9 Å². The maximum absolute atomic E-state index is 12.3. The highest BCUT2D eigenvalue weighted by Gasteiger charge is 2.23. The second-order valence-corrected chi connectivity index (χ2v) is 4.97. The third-order valence-electron chi connectivity index (χ3n) is 3.21. The van der Waals surface area contributed by atoms with Crippen molar-refractivity contribution in [2.45, 2.75) is 19.9 Å². The molecular weight excluding hydrogens is 280 g/mol. The molecular formula is C14H19ClN2O3. The normalized spacial score (nSPS) is 11.8. The Kier molecular flexibility index (Phi) is 5.82. The summed E-state index contributed by atoms with van der Waals surface area (Å²) in [6.07, 6.45) is 0. The van der Waals surface area contributed by atoms with Crippen LogP contribution in [0.1, 0.15) is 25.5 Å². The van der Waals surface area contributed by atoms with Crippen molar-refractivity contribution >= 4 is 23.6 Å². The Morgan fingerprint density at radius 1 is 1.30 bits per heavy atom. The number of urea groups is 1. The number of carboxylic acid groups (broad SMARTS) is 1. The Balaban J connectivity index is 2.81. The Labute approximate surface area is 123 Å². The second-order valence-electron chi connectivity index (χ2n) is 4.53. The van der Waals surface area contributed by atoms with E-state index in [4.69, 9.17) is 16.7 Å². The molecule has 1 aromatic rings. The van der Waals surface area contributed by atoms with E-state index in [1.165, 1.54) is 9.80 Å². The van der Waals surface area contributed by atoms with Gasteiger partial charge in [0.05, 0.1) is 6.04 Å². The van der Waals surface area contributed by atoms with Gasteiger partial charge in [-0.2, -0.15) is 0 Å². The maximum Gasteiger partial charge on any atom is 0.323 e. The van der Waals surface area contributed by atoms with Crippen LogP contribution in [0.5, 0.6) is 0 Å². The molecule has 0 saturated heterocycles. The van der Waals surface area contributed by atoms with Gasteiger partial charge in [0, 0.05) is 18.6 Å². The fourth-order valence-corrected chi connectivity index (χ4v) is 1.96. The van der Waals surface area contributed by atoms with Gasteiger partial charge in [-0.25, -0.2) is 4.79 Å². The van der Waals surface area contributed by atoms with Gasteiger partial charge in [-0.15, -0.1) is 0 Å². The molecule has 5 nitrogen and oxygen atoms in total. The highest BCUT2D eigenvalue weighted by Crippen LogP contribution is 2.21. The summed E-state index contributed by atoms with van der Waals surface area (Å²) in [5, 5.41) is 9.44. The van der Waals surface area contributed by atoms with Crippen LogP contribution >= 0.6 is 11.6 Å². The van der Waals surface area contributed by atoms with Crippen LogP contribution in [0.2, 0.25) is 5.02 Å². The first kappa shape index (κ1) is 16.3. The molecule has 0 fully saturated rings. The lowest BCUT2D eigenvalue weighted by Gasteiger charge is -2.30. The molecule has 0 aromatic heterocycles. The first-order chi connectivity index (χ1) is 9.36. The number of benzene rings is 1. The average molecular weight is 299 g/mol. The fraction of sp³-hybridized carbons (Fsp3) is 0.429. The summed E-state index contributed by atoms with van der Waals surface area (Å²) in [7, 11) is 1.66. The number of carboxylic acids is 1. The number of hydrogen-bond acceptors (Lipinski definition) is 2. The molecule has 0 spiro atoms. The van der Waals surface area contributed by atoms with Crippen LogP contribution in [0, 0.1) is 0 Å². The van der Waals surface area contributed by atoms with Gasteiger partial charge in [-0.05, 0) is 31.5 Å². The molecule has 0 bridgehead atoms. The molecule has 1 aromatic carbocycles. The SMILES string of the molecule is CCN(CC(=O)O)C(=O)N(C)C(C)c1ccc(Cl)cc1. The van der Waals surface area contributed by atoms with Crippen LogP contribution in [0.3, 0.4) is 0 Å². The number of nitrogens with zero attached hydrogens (tertiary/aromatic N) is 2. The minimum absolute atomic E-state index is 0.164. The van der Waals surface area contributed by atoms with E-state index in [1.54, 1.807) is 26.1 Å². The first-order valence-corrected chi connectivity index (χ1v) is 6.73. The number of rotatable bonds is 5. The summed E-state index contributed by atoms with van der Waals surface area (Å²) in [4.78, 5) is 25.8. The van der Waals surface area contributed by atoms with Crippen molar-refractivity contribution < 1.29 is 14.7 Å². The lowest BCUT2D eigenvalue weighted by Crippen LogP contribution is -2.44. The number of aliphatic carboxylic acids is 1. The number of halogens is 1. The van der Waals surface area contributed by atoms with Gasteiger partial charge in [-0.3, -0.25) is 4.79 Å². The van der Waals surface area contributed by atoms with Crippen LogP contribution in [0.15, 0.2) is 24.3 Å². The van der Waals surface area contributed by atoms with Crippen molar-refractivity contribution in [3.8, 4) is 0 Å². The monoisotopic (exact) mass is 298 g/mol. The highest BCUT2D eigenvalue weighted by molar-refractivity contribution is 6.30. The minimum Gasteiger partial charge on any atom is -0.480 e. The predicted molar refractivity (Wildman–Crippen MR) is 77.9 cm³/mol. The summed E-state index contributed by atoms with van der Waals surface area (Å²) in [6.45, 7) is 3.69. The van der Waals surface area contributed by atoms with Gasteiger partial charge in [0.25, 0.3) is 0 Å². The molecule has 0 heterocycles. The molecule has 0 radical (unpaired) electrons. The molecule has 0 saturated carbocycles. The van der Waals surface area contributed by atoms with Crippen LogP contribution in [-0.4, -0.2) is 47.0 Å².